The fourth-order valence-corrected chi connectivity index (χ4v) is 2.46. The normalized spacial score (nSPS) is 10.8. The van der Waals surface area contributed by atoms with E-state index in [4.69, 9.17) is 5.73 Å². The molecule has 0 spiro atoms. The molecule has 0 bridgehead atoms. The number of hydrogen-bond donors (Lipinski definition) is 2. The number of halogens is 1. The van der Waals surface area contributed by atoms with Gasteiger partial charge in [-0.15, -0.1) is 11.3 Å². The predicted octanol–water partition coefficient (Wildman–Crippen LogP) is 3.08. The largest absolute Gasteiger partial charge is 0.506 e. The van der Waals surface area contributed by atoms with Gasteiger partial charge in [0.1, 0.15) is 5.75 Å². The van der Waals surface area contributed by atoms with Crippen molar-refractivity contribution in [3.63, 3.8) is 0 Å². The summed E-state index contributed by atoms with van der Waals surface area (Å²) in [5.74, 6) is 0.314. The van der Waals surface area contributed by atoms with E-state index in [2.05, 4.69) is 15.9 Å². The molecule has 0 atom stereocenters. The summed E-state index contributed by atoms with van der Waals surface area (Å²) >= 11 is 4.83. The minimum atomic E-state index is 0.314. The van der Waals surface area contributed by atoms with Crippen molar-refractivity contribution in [2.75, 3.05) is 5.73 Å². The summed E-state index contributed by atoms with van der Waals surface area (Å²) in [7, 11) is 0. The molecule has 0 radical (unpaired) electrons. The van der Waals surface area contributed by atoms with E-state index in [-0.39, 0.29) is 0 Å². The van der Waals surface area contributed by atoms with Crippen LogP contribution < -0.4 is 5.73 Å². The highest BCUT2D eigenvalue weighted by Gasteiger charge is 2.06. The maximum Gasteiger partial charge on any atom is 0.134 e. The molecular weight excluding hydrogens is 250 g/mol. The zero-order chi connectivity index (χ0) is 9.42. The number of thiophene rings is 1. The number of anilines is 1. The molecule has 0 aliphatic heterocycles. The molecule has 2 nitrogen and oxygen atoms in total. The van der Waals surface area contributed by atoms with E-state index in [0.717, 1.165) is 26.7 Å². The molecule has 1 heterocycles. The topological polar surface area (TPSA) is 46.2 Å². The second kappa shape index (κ2) is 3.20. The lowest BCUT2D eigenvalue weighted by molar-refractivity contribution is 0.483. The number of benzene rings is 1. The Balaban J connectivity index is 2.80. The first kappa shape index (κ1) is 8.84. The van der Waals surface area contributed by atoms with E-state index >= 15 is 0 Å². The summed E-state index contributed by atoms with van der Waals surface area (Å²) in [6, 6.07) is 3.87. The smallest absolute Gasteiger partial charge is 0.134 e. The number of nitrogen functional groups attached to an aromatic ring is 1. The number of alkyl halides is 1. The van der Waals surface area contributed by atoms with Crippen LogP contribution in [-0.4, -0.2) is 5.11 Å². The van der Waals surface area contributed by atoms with Crippen LogP contribution in [0.15, 0.2) is 17.5 Å². The third-order valence-electron chi connectivity index (χ3n) is 1.90. The highest BCUT2D eigenvalue weighted by atomic mass is 79.9. The fraction of sp³-hybridized carbons (Fsp3) is 0.111. The Hall–Kier alpha value is -0.740. The standard InChI is InChI=1S/C9H8BrNOS/c10-3-5-1-6-8(12)4-13-9(6)7(11)2-5/h1-2,4,12H,3,11H2. The van der Waals surface area contributed by atoms with Crippen LogP contribution in [0.2, 0.25) is 0 Å². The van der Waals surface area contributed by atoms with E-state index in [1.165, 1.54) is 11.3 Å². The molecule has 0 saturated carbocycles. The Morgan fingerprint density at radius 2 is 2.23 bits per heavy atom. The van der Waals surface area contributed by atoms with E-state index < -0.39 is 0 Å². The molecule has 3 N–H and O–H groups in total. The van der Waals surface area contributed by atoms with Crippen LogP contribution in [0.4, 0.5) is 5.69 Å². The zero-order valence-corrected chi connectivity index (χ0v) is 9.15. The van der Waals surface area contributed by atoms with Crippen molar-refractivity contribution in [1.29, 1.82) is 0 Å². The lowest BCUT2D eigenvalue weighted by Gasteiger charge is -2.00. The van der Waals surface area contributed by atoms with E-state index in [1.54, 1.807) is 5.38 Å². The monoisotopic (exact) mass is 257 g/mol. The lowest BCUT2D eigenvalue weighted by atomic mass is 10.1. The number of aromatic hydroxyl groups is 1. The van der Waals surface area contributed by atoms with Gasteiger partial charge in [0.2, 0.25) is 0 Å². The molecule has 4 heteroatoms. The Morgan fingerprint density at radius 3 is 2.92 bits per heavy atom. The molecule has 0 unspecified atom stereocenters. The highest BCUT2D eigenvalue weighted by molar-refractivity contribution is 9.08. The summed E-state index contributed by atoms with van der Waals surface area (Å²) in [5.41, 5.74) is 7.64. The summed E-state index contributed by atoms with van der Waals surface area (Å²) in [4.78, 5) is 0. The van der Waals surface area contributed by atoms with Crippen LogP contribution in [0.25, 0.3) is 10.1 Å². The molecule has 0 saturated heterocycles. The van der Waals surface area contributed by atoms with Gasteiger partial charge in [0.15, 0.2) is 0 Å². The number of hydrogen-bond acceptors (Lipinski definition) is 3. The van der Waals surface area contributed by atoms with E-state index in [1.807, 2.05) is 12.1 Å². The quantitative estimate of drug-likeness (QED) is 0.610. The minimum Gasteiger partial charge on any atom is -0.506 e. The van der Waals surface area contributed by atoms with Crippen molar-refractivity contribution in [2.24, 2.45) is 0 Å². The highest BCUT2D eigenvalue weighted by Crippen LogP contribution is 2.36. The van der Waals surface area contributed by atoms with Gasteiger partial charge in [0.05, 0.1) is 4.70 Å². The summed E-state index contributed by atoms with van der Waals surface area (Å²) in [6.45, 7) is 0. The second-order valence-electron chi connectivity index (χ2n) is 2.82. The maximum absolute atomic E-state index is 9.50. The summed E-state index contributed by atoms with van der Waals surface area (Å²) < 4.78 is 0.960. The van der Waals surface area contributed by atoms with Crippen LogP contribution in [-0.2, 0) is 5.33 Å². The Morgan fingerprint density at radius 1 is 1.46 bits per heavy atom. The molecule has 0 fully saturated rings. The molecule has 1 aromatic carbocycles. The van der Waals surface area contributed by atoms with E-state index in [0.29, 0.717) is 5.75 Å². The average Bonchev–Trinajstić information content (AvgIpc) is 2.48. The third kappa shape index (κ3) is 1.40. The van der Waals surface area contributed by atoms with Crippen molar-refractivity contribution in [2.45, 2.75) is 5.33 Å². The van der Waals surface area contributed by atoms with Gasteiger partial charge in [0.25, 0.3) is 0 Å². The minimum absolute atomic E-state index is 0.314. The van der Waals surface area contributed by atoms with Crippen LogP contribution in [0, 0.1) is 0 Å². The van der Waals surface area contributed by atoms with Gasteiger partial charge in [-0.1, -0.05) is 15.9 Å². The molecule has 68 valence electrons. The third-order valence-corrected chi connectivity index (χ3v) is 3.58. The first-order valence-electron chi connectivity index (χ1n) is 3.77. The molecule has 2 rings (SSSR count). The maximum atomic E-state index is 9.50. The summed E-state index contributed by atoms with van der Waals surface area (Å²) in [6.07, 6.45) is 0. The molecule has 0 aliphatic carbocycles. The molecule has 13 heavy (non-hydrogen) atoms. The molecule has 1 aromatic heterocycles. The fourth-order valence-electron chi connectivity index (χ4n) is 1.29. The van der Waals surface area contributed by atoms with Crippen molar-refractivity contribution in [1.82, 2.24) is 0 Å². The van der Waals surface area contributed by atoms with Gasteiger partial charge in [-0.3, -0.25) is 0 Å². The summed E-state index contributed by atoms with van der Waals surface area (Å²) in [5, 5.41) is 12.8. The van der Waals surface area contributed by atoms with Gasteiger partial charge in [-0.25, -0.2) is 0 Å². The van der Waals surface area contributed by atoms with Crippen LogP contribution in [0.1, 0.15) is 5.56 Å². The first-order chi connectivity index (χ1) is 6.22. The lowest BCUT2D eigenvalue weighted by Crippen LogP contribution is -1.86. The Bertz CT molecular complexity index is 452. The average molecular weight is 258 g/mol. The van der Waals surface area contributed by atoms with Crippen molar-refractivity contribution in [3.05, 3.63) is 23.1 Å². The zero-order valence-electron chi connectivity index (χ0n) is 6.75. The van der Waals surface area contributed by atoms with Crippen molar-refractivity contribution in [3.8, 4) is 5.75 Å². The van der Waals surface area contributed by atoms with Crippen LogP contribution in [0.5, 0.6) is 5.75 Å². The molecular formula is C9H8BrNOS. The Kier molecular flexibility index (Phi) is 2.17. The number of rotatable bonds is 1. The predicted molar refractivity (Wildman–Crippen MR) is 60.5 cm³/mol. The SMILES string of the molecule is Nc1cc(CBr)cc2c(O)csc12. The first-order valence-corrected chi connectivity index (χ1v) is 5.77. The van der Waals surface area contributed by atoms with Gasteiger partial charge < -0.3 is 10.8 Å². The number of fused-ring (bicyclic) bond motifs is 1. The van der Waals surface area contributed by atoms with E-state index in [9.17, 15) is 5.11 Å². The van der Waals surface area contributed by atoms with Gasteiger partial charge in [-0.2, -0.15) is 0 Å². The van der Waals surface area contributed by atoms with Gasteiger partial charge in [-0.05, 0) is 17.7 Å². The Labute approximate surface area is 88.1 Å². The molecule has 0 aliphatic rings. The van der Waals surface area contributed by atoms with Crippen LogP contribution >= 0.6 is 27.3 Å². The van der Waals surface area contributed by atoms with Crippen molar-refractivity contribution < 1.29 is 5.11 Å². The van der Waals surface area contributed by atoms with Crippen molar-refractivity contribution >= 4 is 43.0 Å². The molecule has 0 amide bonds. The second-order valence-corrected chi connectivity index (χ2v) is 4.26. The van der Waals surface area contributed by atoms with Crippen LogP contribution in [0.3, 0.4) is 0 Å². The van der Waals surface area contributed by atoms with Gasteiger partial charge >= 0.3 is 0 Å². The molecule has 2 aromatic rings. The number of nitrogens with two attached hydrogens (primary N) is 1. The van der Waals surface area contributed by atoms with Gasteiger partial charge in [0, 0.05) is 21.8 Å².